The lowest BCUT2D eigenvalue weighted by Gasteiger charge is -2.25. The first-order valence-corrected chi connectivity index (χ1v) is 8.35. The molecule has 1 N–H and O–H groups in total. The van der Waals surface area contributed by atoms with Crippen LogP contribution in [0.4, 0.5) is 0 Å². The average Bonchev–Trinajstić information content (AvgIpc) is 2.91. The first kappa shape index (κ1) is 18.1. The molecule has 0 spiro atoms. The van der Waals surface area contributed by atoms with Gasteiger partial charge in [-0.1, -0.05) is 23.7 Å². The van der Waals surface area contributed by atoms with Crippen LogP contribution in [0.5, 0.6) is 0 Å². The summed E-state index contributed by atoms with van der Waals surface area (Å²) in [5.41, 5.74) is 1.14. The number of ether oxygens (including phenoxy) is 1. The molecule has 1 aromatic heterocycles. The molecule has 7 heteroatoms. The number of Topliss-reactive ketones (excluding diaryl/α,β-unsaturated/α-hetero) is 1. The number of hydrogen-bond donors (Lipinski definition) is 1. The van der Waals surface area contributed by atoms with Gasteiger partial charge in [-0.2, -0.15) is 0 Å². The number of hydrogen-bond acceptors (Lipinski definition) is 5. The molecule has 1 aromatic carbocycles. The van der Waals surface area contributed by atoms with Crippen LogP contribution in [0.15, 0.2) is 54.4 Å². The average molecular weight is 373 g/mol. The highest BCUT2D eigenvalue weighted by Crippen LogP contribution is 2.39. The smallest absolute Gasteiger partial charge is 0.295 e. The summed E-state index contributed by atoms with van der Waals surface area (Å²) < 4.78 is 5.06. The number of amides is 1. The van der Waals surface area contributed by atoms with Crippen LogP contribution in [0.2, 0.25) is 5.02 Å². The van der Waals surface area contributed by atoms with Crippen molar-refractivity contribution in [1.29, 1.82) is 0 Å². The van der Waals surface area contributed by atoms with Gasteiger partial charge in [0.2, 0.25) is 0 Å². The topological polar surface area (TPSA) is 79.7 Å². The van der Waals surface area contributed by atoms with Crippen molar-refractivity contribution in [3.8, 4) is 0 Å². The molecule has 1 atom stereocenters. The summed E-state index contributed by atoms with van der Waals surface area (Å²) in [7, 11) is 1.52. The number of likely N-dealkylation sites (tertiary alicyclic amines) is 1. The van der Waals surface area contributed by atoms with Gasteiger partial charge >= 0.3 is 0 Å². The van der Waals surface area contributed by atoms with Crippen molar-refractivity contribution in [3.05, 3.63) is 70.5 Å². The van der Waals surface area contributed by atoms with Crippen LogP contribution in [0.25, 0.3) is 5.76 Å². The summed E-state index contributed by atoms with van der Waals surface area (Å²) >= 11 is 5.95. The number of nitrogens with zero attached hydrogens (tertiary/aromatic N) is 2. The molecule has 1 aliphatic rings. The van der Waals surface area contributed by atoms with Crippen molar-refractivity contribution in [3.63, 3.8) is 0 Å². The molecule has 3 rings (SSSR count). The van der Waals surface area contributed by atoms with Gasteiger partial charge in [0.15, 0.2) is 0 Å². The summed E-state index contributed by atoms with van der Waals surface area (Å²) in [6.07, 6.45) is 3.01. The number of rotatable bonds is 5. The molecule has 134 valence electrons. The lowest BCUT2D eigenvalue weighted by atomic mass is 9.95. The van der Waals surface area contributed by atoms with Gasteiger partial charge in [0.25, 0.3) is 11.7 Å². The van der Waals surface area contributed by atoms with Crippen LogP contribution in [0.1, 0.15) is 17.2 Å². The highest BCUT2D eigenvalue weighted by molar-refractivity contribution is 6.46. The minimum atomic E-state index is -0.727. The summed E-state index contributed by atoms with van der Waals surface area (Å²) in [6, 6.07) is 9.28. The molecule has 0 radical (unpaired) electrons. The lowest BCUT2D eigenvalue weighted by molar-refractivity contribution is -0.140. The third kappa shape index (κ3) is 3.34. The van der Waals surface area contributed by atoms with Gasteiger partial charge in [0, 0.05) is 36.6 Å². The van der Waals surface area contributed by atoms with E-state index in [-0.39, 0.29) is 24.5 Å². The second-order valence-corrected chi connectivity index (χ2v) is 6.21. The number of halogens is 1. The largest absolute Gasteiger partial charge is 0.507 e. The molecule has 1 amide bonds. The Balaban J connectivity index is 2.15. The maximum absolute atomic E-state index is 12.7. The van der Waals surface area contributed by atoms with E-state index in [9.17, 15) is 14.7 Å². The van der Waals surface area contributed by atoms with E-state index in [0.29, 0.717) is 16.1 Å². The highest BCUT2D eigenvalue weighted by atomic mass is 35.5. The molecule has 6 nitrogen and oxygen atoms in total. The van der Waals surface area contributed by atoms with E-state index in [1.807, 2.05) is 0 Å². The van der Waals surface area contributed by atoms with Gasteiger partial charge in [-0.3, -0.25) is 14.6 Å². The predicted octanol–water partition coefficient (Wildman–Crippen LogP) is 2.80. The maximum atomic E-state index is 12.7. The second-order valence-electron chi connectivity index (χ2n) is 5.77. The number of aliphatic hydroxyl groups excluding tert-OH is 1. The first-order chi connectivity index (χ1) is 12.5. The van der Waals surface area contributed by atoms with Gasteiger partial charge in [0.1, 0.15) is 5.76 Å². The molecule has 2 aromatic rings. The van der Waals surface area contributed by atoms with Crippen molar-refractivity contribution in [2.75, 3.05) is 20.3 Å². The van der Waals surface area contributed by atoms with Crippen LogP contribution in [0.3, 0.4) is 0 Å². The third-order valence-electron chi connectivity index (χ3n) is 4.22. The second kappa shape index (κ2) is 7.68. The van der Waals surface area contributed by atoms with E-state index in [1.165, 1.54) is 24.4 Å². The fraction of sp³-hybridized carbons (Fsp3) is 0.211. The Morgan fingerprint density at radius 2 is 1.85 bits per heavy atom. The zero-order chi connectivity index (χ0) is 18.7. The summed E-state index contributed by atoms with van der Waals surface area (Å²) in [4.78, 5) is 30.5. The molecule has 1 fully saturated rings. The quantitative estimate of drug-likeness (QED) is 0.496. The van der Waals surface area contributed by atoms with Gasteiger partial charge in [-0.05, 0) is 29.8 Å². The van der Waals surface area contributed by atoms with Crippen LogP contribution in [-0.2, 0) is 14.3 Å². The minimum Gasteiger partial charge on any atom is -0.507 e. The molecule has 26 heavy (non-hydrogen) atoms. The Morgan fingerprint density at radius 3 is 2.46 bits per heavy atom. The van der Waals surface area contributed by atoms with E-state index in [1.54, 1.807) is 36.4 Å². The van der Waals surface area contributed by atoms with E-state index >= 15 is 0 Å². The van der Waals surface area contributed by atoms with Gasteiger partial charge in [-0.15, -0.1) is 0 Å². The fourth-order valence-corrected chi connectivity index (χ4v) is 3.08. The molecule has 1 saturated heterocycles. The van der Waals surface area contributed by atoms with Crippen molar-refractivity contribution in [2.45, 2.75) is 6.04 Å². The third-order valence-corrected chi connectivity index (χ3v) is 4.47. The van der Waals surface area contributed by atoms with Gasteiger partial charge in [0.05, 0.1) is 18.2 Å². The van der Waals surface area contributed by atoms with E-state index in [0.717, 1.165) is 0 Å². The number of methoxy groups -OCH3 is 1. The normalized spacial score (nSPS) is 19.2. The molecule has 0 bridgehead atoms. The molecule has 0 saturated carbocycles. The number of ketones is 1. The van der Waals surface area contributed by atoms with Gasteiger partial charge in [-0.25, -0.2) is 0 Å². The fourth-order valence-electron chi connectivity index (χ4n) is 2.96. The van der Waals surface area contributed by atoms with Crippen molar-refractivity contribution < 1.29 is 19.4 Å². The van der Waals surface area contributed by atoms with Gasteiger partial charge < -0.3 is 14.7 Å². The number of carbonyl (C=O) groups excluding carboxylic acids is 2. The Morgan fingerprint density at radius 1 is 1.19 bits per heavy atom. The summed E-state index contributed by atoms with van der Waals surface area (Å²) in [5.74, 6) is -1.63. The standard InChI is InChI=1S/C19H17ClN2O4/c1-26-11-10-22-16(12-2-4-14(20)5-3-12)15(18(24)19(22)25)17(23)13-6-8-21-9-7-13/h2-9,16,23H,10-11H2,1H3/b17-15+. The minimum absolute atomic E-state index is 0.0413. The molecule has 1 unspecified atom stereocenters. The number of aromatic nitrogens is 1. The lowest BCUT2D eigenvalue weighted by Crippen LogP contribution is -2.32. The Kier molecular flexibility index (Phi) is 5.35. The Bertz CT molecular complexity index is 850. The molecule has 0 aliphatic carbocycles. The van der Waals surface area contributed by atoms with E-state index in [2.05, 4.69) is 4.98 Å². The monoisotopic (exact) mass is 372 g/mol. The molecular weight excluding hydrogens is 356 g/mol. The predicted molar refractivity (Wildman–Crippen MR) is 96.6 cm³/mol. The maximum Gasteiger partial charge on any atom is 0.295 e. The zero-order valence-corrected chi connectivity index (χ0v) is 14.8. The number of benzene rings is 1. The van der Waals surface area contributed by atoms with Crippen molar-refractivity contribution in [2.24, 2.45) is 0 Å². The molecular formula is C19H17ClN2O4. The molecule has 2 heterocycles. The molecule has 1 aliphatic heterocycles. The van der Waals surface area contributed by atoms with Crippen molar-refractivity contribution in [1.82, 2.24) is 9.88 Å². The summed E-state index contributed by atoms with van der Waals surface area (Å²) in [6.45, 7) is 0.494. The first-order valence-electron chi connectivity index (χ1n) is 7.97. The van der Waals surface area contributed by atoms with Crippen LogP contribution >= 0.6 is 11.6 Å². The SMILES string of the molecule is COCCN1C(=O)C(=O)/C(=C(/O)c2ccncc2)C1c1ccc(Cl)cc1. The van der Waals surface area contributed by atoms with E-state index < -0.39 is 17.7 Å². The van der Waals surface area contributed by atoms with Crippen LogP contribution < -0.4 is 0 Å². The van der Waals surface area contributed by atoms with Crippen LogP contribution in [-0.4, -0.2) is 46.9 Å². The number of carbonyl (C=O) groups is 2. The Hall–Kier alpha value is -2.70. The Labute approximate surface area is 155 Å². The number of aliphatic hydroxyl groups is 1. The highest BCUT2D eigenvalue weighted by Gasteiger charge is 2.45. The van der Waals surface area contributed by atoms with Crippen LogP contribution in [0, 0.1) is 0 Å². The van der Waals surface area contributed by atoms with E-state index in [4.69, 9.17) is 16.3 Å². The summed E-state index contributed by atoms with van der Waals surface area (Å²) in [5, 5.41) is 11.3. The number of pyridine rings is 1. The zero-order valence-electron chi connectivity index (χ0n) is 14.1. The van der Waals surface area contributed by atoms with Crippen molar-refractivity contribution >= 4 is 29.1 Å².